The lowest BCUT2D eigenvalue weighted by atomic mass is 10.2. The summed E-state index contributed by atoms with van der Waals surface area (Å²) in [6, 6.07) is 5.82. The Bertz CT molecular complexity index is 351. The number of benzene rings is 1. The molecule has 1 heterocycles. The molecule has 0 atom stereocenters. The second-order valence-electron chi connectivity index (χ2n) is 2.07. The van der Waals surface area contributed by atoms with Crippen LogP contribution < -0.4 is 0 Å². The first-order chi connectivity index (χ1) is 4.86. The molecule has 0 fully saturated rings. The van der Waals surface area contributed by atoms with Gasteiger partial charge in [-0.3, -0.25) is 0 Å². The lowest BCUT2D eigenvalue weighted by Gasteiger charge is -1.87. The Hall–Kier alpha value is -0.530. The van der Waals surface area contributed by atoms with Crippen molar-refractivity contribution in [1.29, 1.82) is 0 Å². The molecule has 0 saturated carbocycles. The Kier molecular flexibility index (Phi) is 1.40. The number of rotatable bonds is 0. The first-order valence-corrected chi connectivity index (χ1v) is 4.16. The van der Waals surface area contributed by atoms with Crippen LogP contribution in [0.15, 0.2) is 23.6 Å². The molecule has 0 bridgehead atoms. The van der Waals surface area contributed by atoms with E-state index in [0.717, 1.165) is 10.4 Å². The molecule has 2 rings (SSSR count). The predicted molar refractivity (Wildman–Crippen MR) is 45.7 cm³/mol. The van der Waals surface area contributed by atoms with Gasteiger partial charge in [-0.2, -0.15) is 0 Å². The maximum Gasteiger partial charge on any atom is 0.0528 e. The number of fused-ring (bicyclic) bond motifs is 1. The van der Waals surface area contributed by atoms with Crippen LogP contribution in [0.4, 0.5) is 0 Å². The van der Waals surface area contributed by atoms with Gasteiger partial charge < -0.3 is 0 Å². The van der Waals surface area contributed by atoms with Gasteiger partial charge in [0.2, 0.25) is 0 Å². The van der Waals surface area contributed by atoms with E-state index in [-0.39, 0.29) is 0 Å². The van der Waals surface area contributed by atoms with E-state index in [4.69, 9.17) is 11.6 Å². The van der Waals surface area contributed by atoms with Gasteiger partial charge in [0, 0.05) is 10.4 Å². The van der Waals surface area contributed by atoms with Gasteiger partial charge in [0.25, 0.3) is 0 Å². The van der Waals surface area contributed by atoms with E-state index in [0.29, 0.717) is 0 Å². The highest BCUT2D eigenvalue weighted by Crippen LogP contribution is 2.21. The Morgan fingerprint density at radius 3 is 3.20 bits per heavy atom. The molecule has 0 saturated heterocycles. The second-order valence-corrected chi connectivity index (χ2v) is 3.18. The van der Waals surface area contributed by atoms with Crippen LogP contribution in [-0.2, 0) is 0 Å². The van der Waals surface area contributed by atoms with E-state index in [9.17, 15) is 0 Å². The predicted octanol–water partition coefficient (Wildman–Crippen LogP) is 3.35. The minimum atomic E-state index is 0.780. The molecule has 0 N–H and O–H groups in total. The summed E-state index contributed by atoms with van der Waals surface area (Å²) in [5, 5.41) is 8.28. The van der Waals surface area contributed by atoms with Crippen LogP contribution in [0.5, 0.6) is 0 Å². The molecule has 0 unspecified atom stereocenters. The molecule has 0 nitrogen and oxygen atoms in total. The molecular formula is C8H4ClS. The Balaban J connectivity index is 2.86. The van der Waals surface area contributed by atoms with Gasteiger partial charge in [-0.05, 0) is 22.9 Å². The molecule has 0 aliphatic carbocycles. The second kappa shape index (κ2) is 2.26. The van der Waals surface area contributed by atoms with E-state index < -0.39 is 0 Å². The highest BCUT2D eigenvalue weighted by atomic mass is 35.5. The minimum Gasteiger partial charge on any atom is -0.142 e. The number of thiophene rings is 1. The van der Waals surface area contributed by atoms with Gasteiger partial charge in [0.1, 0.15) is 0 Å². The monoisotopic (exact) mass is 167 g/mol. The summed E-state index contributed by atoms with van der Waals surface area (Å²) in [5.74, 6) is 0. The Morgan fingerprint density at radius 1 is 1.40 bits per heavy atom. The fraction of sp³-hybridized carbons (Fsp3) is 0. The van der Waals surface area contributed by atoms with Crippen molar-refractivity contribution in [2.75, 3.05) is 0 Å². The van der Waals surface area contributed by atoms with Gasteiger partial charge in [-0.1, -0.05) is 17.7 Å². The first-order valence-electron chi connectivity index (χ1n) is 2.91. The van der Waals surface area contributed by atoms with E-state index in [1.54, 1.807) is 11.3 Å². The molecule has 2 heteroatoms. The van der Waals surface area contributed by atoms with E-state index >= 15 is 0 Å². The zero-order valence-corrected chi connectivity index (χ0v) is 6.67. The van der Waals surface area contributed by atoms with Crippen molar-refractivity contribution < 1.29 is 0 Å². The highest BCUT2D eigenvalue weighted by Gasteiger charge is 1.93. The van der Waals surface area contributed by atoms with Crippen molar-refractivity contribution in [3.05, 3.63) is 34.0 Å². The normalized spacial score (nSPS) is 10.5. The molecule has 1 radical (unpaired) electrons. The topological polar surface area (TPSA) is 0 Å². The molecule has 0 amide bonds. The molecule has 1 aromatic heterocycles. The van der Waals surface area contributed by atoms with Crippen molar-refractivity contribution >= 4 is 33.7 Å². The summed E-state index contributed by atoms with van der Waals surface area (Å²) < 4.78 is 0. The average molecular weight is 168 g/mol. The quantitative estimate of drug-likeness (QED) is 0.565. The van der Waals surface area contributed by atoms with E-state index in [1.807, 2.05) is 18.2 Å². The van der Waals surface area contributed by atoms with Gasteiger partial charge in [0.15, 0.2) is 0 Å². The van der Waals surface area contributed by atoms with E-state index in [1.165, 1.54) is 5.39 Å². The maximum atomic E-state index is 5.76. The lowest BCUT2D eigenvalue weighted by Crippen LogP contribution is -1.62. The summed E-state index contributed by atoms with van der Waals surface area (Å²) in [6.45, 7) is 0. The highest BCUT2D eigenvalue weighted by molar-refractivity contribution is 7.08. The molecule has 0 aliphatic rings. The van der Waals surface area contributed by atoms with E-state index in [2.05, 4.69) is 10.8 Å². The smallest absolute Gasteiger partial charge is 0.0528 e. The van der Waals surface area contributed by atoms with Crippen LogP contribution in [0.1, 0.15) is 0 Å². The van der Waals surface area contributed by atoms with Crippen molar-refractivity contribution in [2.24, 2.45) is 0 Å². The van der Waals surface area contributed by atoms with Gasteiger partial charge in [-0.15, -0.1) is 11.3 Å². The third kappa shape index (κ3) is 0.917. The third-order valence-electron chi connectivity index (χ3n) is 1.37. The van der Waals surface area contributed by atoms with Gasteiger partial charge >= 0.3 is 0 Å². The largest absolute Gasteiger partial charge is 0.142 e. The number of hydrogen-bond acceptors (Lipinski definition) is 1. The average Bonchev–Trinajstić information content (AvgIpc) is 2.33. The number of halogens is 1. The van der Waals surface area contributed by atoms with Crippen LogP contribution in [0.2, 0.25) is 5.02 Å². The summed E-state index contributed by atoms with van der Waals surface area (Å²) in [6.07, 6.45) is 0. The summed E-state index contributed by atoms with van der Waals surface area (Å²) in [7, 11) is 0. The first kappa shape index (κ1) is 6.20. The van der Waals surface area contributed by atoms with Crippen molar-refractivity contribution in [2.45, 2.75) is 0 Å². The zero-order valence-electron chi connectivity index (χ0n) is 5.10. The summed E-state index contributed by atoms with van der Waals surface area (Å²) >= 11 is 7.34. The lowest BCUT2D eigenvalue weighted by molar-refractivity contribution is 1.84. The van der Waals surface area contributed by atoms with Crippen LogP contribution in [0.25, 0.3) is 10.8 Å². The molecule has 10 heavy (non-hydrogen) atoms. The fourth-order valence-corrected chi connectivity index (χ4v) is 1.74. The Morgan fingerprint density at radius 2 is 2.30 bits per heavy atom. The summed E-state index contributed by atoms with van der Waals surface area (Å²) in [4.78, 5) is 0. The minimum absolute atomic E-state index is 0.780. The van der Waals surface area contributed by atoms with Crippen LogP contribution in [0, 0.1) is 5.38 Å². The van der Waals surface area contributed by atoms with Crippen LogP contribution in [-0.4, -0.2) is 0 Å². The molecule has 0 spiro atoms. The standard InChI is InChI=1S/C8H4ClS/c9-8-2-1-6-4-10-5-7(6)3-8/h1-4H. The fourth-order valence-electron chi connectivity index (χ4n) is 0.876. The van der Waals surface area contributed by atoms with Crippen LogP contribution in [0.3, 0.4) is 0 Å². The molecular weight excluding hydrogens is 164 g/mol. The van der Waals surface area contributed by atoms with Crippen molar-refractivity contribution in [3.63, 3.8) is 0 Å². The SMILES string of the molecule is Clc1ccc2cs[c]c2c1. The molecule has 1 aromatic carbocycles. The van der Waals surface area contributed by atoms with Crippen molar-refractivity contribution in [3.8, 4) is 0 Å². The van der Waals surface area contributed by atoms with Gasteiger partial charge in [-0.25, -0.2) is 0 Å². The third-order valence-corrected chi connectivity index (χ3v) is 2.31. The van der Waals surface area contributed by atoms with Crippen LogP contribution >= 0.6 is 22.9 Å². The molecule has 2 aromatic rings. The Labute approximate surface area is 68.1 Å². The number of hydrogen-bond donors (Lipinski definition) is 0. The maximum absolute atomic E-state index is 5.76. The molecule has 49 valence electrons. The summed E-state index contributed by atoms with van der Waals surface area (Å²) in [5.41, 5.74) is 0. The zero-order chi connectivity index (χ0) is 6.97. The van der Waals surface area contributed by atoms with Crippen molar-refractivity contribution in [1.82, 2.24) is 0 Å². The van der Waals surface area contributed by atoms with Gasteiger partial charge in [0.05, 0.1) is 5.38 Å². The molecule has 0 aliphatic heterocycles.